The van der Waals surface area contributed by atoms with Crippen LogP contribution in [0.15, 0.2) is 45.6 Å². The molecule has 0 aromatic rings. The Hall–Kier alpha value is -1.64. The molecule has 5 rings (SSSR count). The highest BCUT2D eigenvalue weighted by atomic mass is 15.4. The third-order valence-corrected chi connectivity index (χ3v) is 5.75. The summed E-state index contributed by atoms with van der Waals surface area (Å²) in [6.07, 6.45) is 16.8. The van der Waals surface area contributed by atoms with Crippen LogP contribution in [0, 0.1) is 11.8 Å². The summed E-state index contributed by atoms with van der Waals surface area (Å²) in [6.45, 7) is 1.11. The molecule has 3 aliphatic carbocycles. The standard InChI is InChI=1S/C18H21N3/c1-2-6-14-12(5-1)9-10-13-11-21-16-8-4-3-7-15(16)19-18(21)20-17(13)14/h3-4,7-8,12-13,16H,1-2,5-6,9-11H2. The lowest BCUT2D eigenvalue weighted by Crippen LogP contribution is -2.44. The van der Waals surface area contributed by atoms with Crippen molar-refractivity contribution in [1.29, 1.82) is 0 Å². The van der Waals surface area contributed by atoms with Gasteiger partial charge in [0.2, 0.25) is 5.96 Å². The molecule has 0 spiro atoms. The number of rotatable bonds is 0. The van der Waals surface area contributed by atoms with Gasteiger partial charge in [0.25, 0.3) is 0 Å². The number of fused-ring (bicyclic) bond motifs is 5. The van der Waals surface area contributed by atoms with E-state index in [4.69, 9.17) is 9.98 Å². The van der Waals surface area contributed by atoms with Crippen LogP contribution in [0.3, 0.4) is 0 Å². The molecular formula is C18H21N3. The highest BCUT2D eigenvalue weighted by molar-refractivity contribution is 6.14. The fraction of sp³-hybridized carbons (Fsp3) is 0.556. The fourth-order valence-electron chi connectivity index (χ4n) is 4.70. The molecule has 3 atom stereocenters. The topological polar surface area (TPSA) is 28.0 Å². The Morgan fingerprint density at radius 1 is 1.00 bits per heavy atom. The summed E-state index contributed by atoms with van der Waals surface area (Å²) in [5.74, 6) is 2.44. The molecule has 1 fully saturated rings. The van der Waals surface area contributed by atoms with Gasteiger partial charge < -0.3 is 4.90 Å². The Labute approximate surface area is 125 Å². The van der Waals surface area contributed by atoms with Crippen molar-refractivity contribution in [3.8, 4) is 0 Å². The fourth-order valence-corrected chi connectivity index (χ4v) is 4.70. The second-order valence-electron chi connectivity index (χ2n) is 6.92. The van der Waals surface area contributed by atoms with Gasteiger partial charge in [-0.3, -0.25) is 0 Å². The Morgan fingerprint density at radius 3 is 2.95 bits per heavy atom. The lowest BCUT2D eigenvalue weighted by Gasteiger charge is -2.40. The second-order valence-corrected chi connectivity index (χ2v) is 6.92. The maximum absolute atomic E-state index is 5.04. The Bertz CT molecular complexity index is 635. The average Bonchev–Trinajstić information content (AvgIpc) is 2.90. The van der Waals surface area contributed by atoms with Gasteiger partial charge in [0, 0.05) is 18.2 Å². The lowest BCUT2D eigenvalue weighted by molar-refractivity contribution is 0.282. The van der Waals surface area contributed by atoms with Gasteiger partial charge in [-0.05, 0) is 49.7 Å². The van der Waals surface area contributed by atoms with E-state index in [0.717, 1.165) is 18.4 Å². The van der Waals surface area contributed by atoms with Crippen molar-refractivity contribution in [2.75, 3.05) is 6.54 Å². The Kier molecular flexibility index (Phi) is 2.52. The van der Waals surface area contributed by atoms with Crippen molar-refractivity contribution in [3.05, 3.63) is 35.6 Å². The molecule has 0 aromatic carbocycles. The predicted octanol–water partition coefficient (Wildman–Crippen LogP) is 3.46. The zero-order chi connectivity index (χ0) is 13.8. The van der Waals surface area contributed by atoms with Gasteiger partial charge in [0.05, 0.1) is 11.8 Å². The molecule has 1 saturated carbocycles. The lowest BCUT2D eigenvalue weighted by atomic mass is 9.72. The molecule has 108 valence electrons. The molecule has 0 aromatic heterocycles. The van der Waals surface area contributed by atoms with Crippen molar-refractivity contribution >= 4 is 11.7 Å². The van der Waals surface area contributed by atoms with Crippen molar-refractivity contribution in [3.63, 3.8) is 0 Å². The van der Waals surface area contributed by atoms with Crippen LogP contribution in [-0.4, -0.2) is 29.2 Å². The molecule has 0 radical (unpaired) electrons. The minimum absolute atomic E-state index is 0.337. The summed E-state index contributed by atoms with van der Waals surface area (Å²) in [5.41, 5.74) is 4.28. The maximum Gasteiger partial charge on any atom is 0.226 e. The quantitative estimate of drug-likeness (QED) is 0.667. The highest BCUT2D eigenvalue weighted by Gasteiger charge is 2.40. The molecule has 21 heavy (non-hydrogen) atoms. The predicted molar refractivity (Wildman–Crippen MR) is 85.4 cm³/mol. The summed E-state index contributed by atoms with van der Waals surface area (Å²) in [4.78, 5) is 12.2. The summed E-state index contributed by atoms with van der Waals surface area (Å²) in [5, 5.41) is 0. The number of nitrogens with zero attached hydrogens (tertiary/aromatic N) is 3. The van der Waals surface area contributed by atoms with E-state index in [0.29, 0.717) is 12.0 Å². The van der Waals surface area contributed by atoms with Gasteiger partial charge >= 0.3 is 0 Å². The molecule has 3 heteroatoms. The van der Waals surface area contributed by atoms with E-state index in [1.807, 2.05) is 0 Å². The molecule has 2 aliphatic heterocycles. The molecular weight excluding hydrogens is 258 g/mol. The number of guanidine groups is 1. The zero-order valence-corrected chi connectivity index (χ0v) is 12.3. The minimum atomic E-state index is 0.337. The third kappa shape index (κ3) is 1.73. The molecule has 2 heterocycles. The van der Waals surface area contributed by atoms with Crippen molar-refractivity contribution in [1.82, 2.24) is 4.90 Å². The first kappa shape index (κ1) is 12.0. The number of hydrogen-bond acceptors (Lipinski definition) is 3. The van der Waals surface area contributed by atoms with Gasteiger partial charge in [0.15, 0.2) is 0 Å². The van der Waals surface area contributed by atoms with Crippen molar-refractivity contribution in [2.24, 2.45) is 21.8 Å². The van der Waals surface area contributed by atoms with E-state index in [1.165, 1.54) is 49.9 Å². The molecule has 0 N–H and O–H groups in total. The van der Waals surface area contributed by atoms with Crippen LogP contribution in [0.2, 0.25) is 0 Å². The highest BCUT2D eigenvalue weighted by Crippen LogP contribution is 2.45. The largest absolute Gasteiger partial charge is 0.328 e. The molecule has 0 amide bonds. The second kappa shape index (κ2) is 4.43. The number of hydrogen-bond donors (Lipinski definition) is 0. The van der Waals surface area contributed by atoms with E-state index >= 15 is 0 Å². The molecule has 5 aliphatic rings. The van der Waals surface area contributed by atoms with E-state index in [1.54, 1.807) is 5.57 Å². The van der Waals surface area contributed by atoms with Crippen LogP contribution < -0.4 is 0 Å². The van der Waals surface area contributed by atoms with Gasteiger partial charge in [-0.15, -0.1) is 0 Å². The minimum Gasteiger partial charge on any atom is -0.328 e. The normalized spacial score (nSPS) is 36.6. The molecule has 0 bridgehead atoms. The first-order valence-corrected chi connectivity index (χ1v) is 8.42. The van der Waals surface area contributed by atoms with Gasteiger partial charge in [0.1, 0.15) is 0 Å². The van der Waals surface area contributed by atoms with Crippen LogP contribution in [0.25, 0.3) is 0 Å². The van der Waals surface area contributed by atoms with Crippen LogP contribution >= 0.6 is 0 Å². The van der Waals surface area contributed by atoms with Crippen LogP contribution in [0.5, 0.6) is 0 Å². The van der Waals surface area contributed by atoms with E-state index < -0.39 is 0 Å². The van der Waals surface area contributed by atoms with Gasteiger partial charge in [-0.2, -0.15) is 0 Å². The number of allylic oxidation sites excluding steroid dienone is 3. The van der Waals surface area contributed by atoms with Gasteiger partial charge in [-0.25, -0.2) is 9.98 Å². The van der Waals surface area contributed by atoms with Crippen LogP contribution in [-0.2, 0) is 0 Å². The van der Waals surface area contributed by atoms with Crippen molar-refractivity contribution < 1.29 is 0 Å². The van der Waals surface area contributed by atoms with Crippen LogP contribution in [0.1, 0.15) is 38.5 Å². The van der Waals surface area contributed by atoms with E-state index in [-0.39, 0.29) is 0 Å². The van der Waals surface area contributed by atoms with Crippen LogP contribution in [0.4, 0.5) is 0 Å². The van der Waals surface area contributed by atoms with Crippen molar-refractivity contribution in [2.45, 2.75) is 44.6 Å². The third-order valence-electron chi connectivity index (χ3n) is 5.75. The summed E-state index contributed by atoms with van der Waals surface area (Å²) in [7, 11) is 0. The SMILES string of the molecule is C1=CC2=NC3=NC4=C5CCCCC5CCC4CN3C2C=C1. The van der Waals surface area contributed by atoms with Gasteiger partial charge in [-0.1, -0.05) is 24.6 Å². The zero-order valence-electron chi connectivity index (χ0n) is 12.3. The summed E-state index contributed by atoms with van der Waals surface area (Å²) >= 11 is 0. The smallest absolute Gasteiger partial charge is 0.226 e. The monoisotopic (exact) mass is 279 g/mol. The molecule has 3 nitrogen and oxygen atoms in total. The molecule has 3 unspecified atom stereocenters. The first-order valence-electron chi connectivity index (χ1n) is 8.42. The maximum atomic E-state index is 5.04. The molecule has 0 saturated heterocycles. The van der Waals surface area contributed by atoms with E-state index in [2.05, 4.69) is 29.2 Å². The summed E-state index contributed by atoms with van der Waals surface area (Å²) < 4.78 is 0. The average molecular weight is 279 g/mol. The number of aliphatic imine (C=N–C) groups is 2. The Balaban J connectivity index is 1.59. The summed E-state index contributed by atoms with van der Waals surface area (Å²) in [6, 6.07) is 0.337. The van der Waals surface area contributed by atoms with E-state index in [9.17, 15) is 0 Å². The first-order chi connectivity index (χ1) is 10.4. The Morgan fingerprint density at radius 2 is 1.95 bits per heavy atom.